The van der Waals surface area contributed by atoms with Gasteiger partial charge in [0.15, 0.2) is 11.4 Å². The molecule has 2 aromatic rings. The van der Waals surface area contributed by atoms with E-state index in [0.717, 1.165) is 25.3 Å². The van der Waals surface area contributed by atoms with E-state index in [0.29, 0.717) is 25.1 Å². The van der Waals surface area contributed by atoms with E-state index in [4.69, 9.17) is 0 Å². The van der Waals surface area contributed by atoms with E-state index in [-0.39, 0.29) is 23.4 Å². The van der Waals surface area contributed by atoms with Crippen molar-refractivity contribution in [3.8, 4) is 5.75 Å². The zero-order valence-corrected chi connectivity index (χ0v) is 18.0. The predicted octanol–water partition coefficient (Wildman–Crippen LogP) is 2.80. The monoisotopic (exact) mass is 445 g/mol. The molecule has 9 heteroatoms. The van der Waals surface area contributed by atoms with Crippen molar-refractivity contribution in [2.24, 2.45) is 5.92 Å². The number of nitrogens with zero attached hydrogens (tertiary/aromatic N) is 2. The molecule has 4 rings (SSSR count). The highest BCUT2D eigenvalue weighted by atomic mass is 19.1. The Labute approximate surface area is 183 Å². The largest absolute Gasteiger partial charge is 0.503 e. The van der Waals surface area contributed by atoms with E-state index < -0.39 is 40.2 Å². The van der Waals surface area contributed by atoms with Crippen molar-refractivity contribution in [3.05, 3.63) is 63.1 Å². The van der Waals surface area contributed by atoms with Crippen LogP contribution in [0.15, 0.2) is 29.2 Å². The van der Waals surface area contributed by atoms with Crippen LogP contribution in [-0.4, -0.2) is 38.5 Å². The molecule has 0 unspecified atom stereocenters. The van der Waals surface area contributed by atoms with Crippen molar-refractivity contribution >= 4 is 11.8 Å². The van der Waals surface area contributed by atoms with Gasteiger partial charge in [-0.25, -0.2) is 8.78 Å². The average Bonchev–Trinajstić information content (AvgIpc) is 2.87. The molecule has 32 heavy (non-hydrogen) atoms. The van der Waals surface area contributed by atoms with Gasteiger partial charge in [-0.15, -0.1) is 0 Å². The van der Waals surface area contributed by atoms with Crippen LogP contribution in [0.2, 0.25) is 0 Å². The van der Waals surface area contributed by atoms with Crippen LogP contribution in [-0.2, 0) is 13.1 Å². The Morgan fingerprint density at radius 1 is 1.31 bits per heavy atom. The highest BCUT2D eigenvalue weighted by Crippen LogP contribution is 2.37. The molecule has 0 aliphatic carbocycles. The van der Waals surface area contributed by atoms with Gasteiger partial charge in [0.1, 0.15) is 17.2 Å². The lowest BCUT2D eigenvalue weighted by Gasteiger charge is -2.45. The summed E-state index contributed by atoms with van der Waals surface area (Å²) in [5.74, 6) is -3.28. The maximum absolute atomic E-state index is 13.8. The van der Waals surface area contributed by atoms with E-state index in [1.807, 2.05) is 6.92 Å². The number of aromatic nitrogens is 1. The first-order valence-corrected chi connectivity index (χ1v) is 10.6. The van der Waals surface area contributed by atoms with E-state index in [1.165, 1.54) is 16.8 Å². The van der Waals surface area contributed by atoms with Gasteiger partial charge < -0.3 is 19.9 Å². The van der Waals surface area contributed by atoms with Crippen molar-refractivity contribution in [2.75, 3.05) is 6.54 Å². The van der Waals surface area contributed by atoms with Gasteiger partial charge in [-0.1, -0.05) is 19.4 Å². The van der Waals surface area contributed by atoms with Gasteiger partial charge in [0, 0.05) is 37.5 Å². The number of amides is 2. The van der Waals surface area contributed by atoms with Crippen LogP contribution in [0.3, 0.4) is 0 Å². The van der Waals surface area contributed by atoms with Gasteiger partial charge in [0.2, 0.25) is 5.43 Å². The highest BCUT2D eigenvalue weighted by Gasteiger charge is 2.44. The number of pyridine rings is 1. The third-order valence-corrected chi connectivity index (χ3v) is 6.47. The molecule has 1 aromatic heterocycles. The topological polar surface area (TPSA) is 91.6 Å². The molecular formula is C23H25F2N3O4. The fourth-order valence-electron chi connectivity index (χ4n) is 4.67. The number of benzene rings is 1. The minimum absolute atomic E-state index is 0.0490. The average molecular weight is 445 g/mol. The fraction of sp³-hybridized carbons (Fsp3) is 0.435. The zero-order valence-electron chi connectivity index (χ0n) is 18.0. The first-order chi connectivity index (χ1) is 15.1. The lowest BCUT2D eigenvalue weighted by Crippen LogP contribution is -2.57. The molecule has 2 N–H and O–H groups in total. The summed E-state index contributed by atoms with van der Waals surface area (Å²) >= 11 is 0. The minimum Gasteiger partial charge on any atom is -0.503 e. The second-order valence-corrected chi connectivity index (χ2v) is 9.03. The summed E-state index contributed by atoms with van der Waals surface area (Å²) in [6.45, 7) is 4.64. The van der Waals surface area contributed by atoms with Crippen LogP contribution in [0.1, 0.15) is 59.5 Å². The van der Waals surface area contributed by atoms with Gasteiger partial charge >= 0.3 is 0 Å². The molecule has 7 nitrogen and oxygen atoms in total. The maximum atomic E-state index is 13.8. The van der Waals surface area contributed by atoms with Crippen LogP contribution in [0.4, 0.5) is 8.78 Å². The van der Waals surface area contributed by atoms with Crippen molar-refractivity contribution in [1.29, 1.82) is 0 Å². The third kappa shape index (κ3) is 3.76. The standard InChI is InChI=1S/C23H25F2N3O4/c1-13-4-3-7-23(2)12-27-11-16(19(29)20(30)18(27)22(32)28(23)10-13)21(31)26-9-14-5-6-15(24)8-17(14)25/h5-6,8,11,13,30H,3-4,7,9-10,12H2,1-2H3,(H,26,31)/t13-,23+/m1/s1. The lowest BCUT2D eigenvalue weighted by atomic mass is 9.91. The molecule has 2 aliphatic heterocycles. The molecule has 0 saturated carbocycles. The lowest BCUT2D eigenvalue weighted by molar-refractivity contribution is 0.0328. The molecule has 0 radical (unpaired) electrons. The summed E-state index contributed by atoms with van der Waals surface area (Å²) in [5, 5.41) is 13.0. The molecule has 1 fully saturated rings. The molecule has 0 bridgehead atoms. The third-order valence-electron chi connectivity index (χ3n) is 6.47. The molecule has 2 atom stereocenters. The van der Waals surface area contributed by atoms with E-state index in [1.54, 1.807) is 4.90 Å². The molecule has 2 amide bonds. The van der Waals surface area contributed by atoms with Crippen molar-refractivity contribution in [1.82, 2.24) is 14.8 Å². The smallest absolute Gasteiger partial charge is 0.275 e. The van der Waals surface area contributed by atoms with Crippen molar-refractivity contribution < 1.29 is 23.5 Å². The number of halogens is 2. The minimum atomic E-state index is -0.965. The summed E-state index contributed by atoms with van der Waals surface area (Å²) in [7, 11) is 0. The Hall–Kier alpha value is -3.23. The van der Waals surface area contributed by atoms with Crippen molar-refractivity contribution in [3.63, 3.8) is 0 Å². The van der Waals surface area contributed by atoms with E-state index >= 15 is 0 Å². The number of carbonyl (C=O) groups excluding carboxylic acids is 2. The summed E-state index contributed by atoms with van der Waals surface area (Å²) in [5.41, 5.74) is -1.88. The SMILES string of the molecule is C[C@@H]1CCC[C@@]2(C)Cn3cc(C(=O)NCc4ccc(F)cc4F)c(=O)c(O)c3C(=O)N2C1. The van der Waals surface area contributed by atoms with Crippen LogP contribution < -0.4 is 10.7 Å². The van der Waals surface area contributed by atoms with E-state index in [2.05, 4.69) is 12.2 Å². The molecule has 170 valence electrons. The normalized spacial score (nSPS) is 22.7. The number of aromatic hydroxyl groups is 1. The number of nitrogens with one attached hydrogen (secondary N) is 1. The molecular weight excluding hydrogens is 420 g/mol. The first-order valence-electron chi connectivity index (χ1n) is 10.6. The van der Waals surface area contributed by atoms with Gasteiger partial charge in [-0.3, -0.25) is 14.4 Å². The number of fused-ring (bicyclic) bond motifs is 2. The molecule has 3 heterocycles. The Bertz CT molecular complexity index is 1160. The van der Waals surface area contributed by atoms with Gasteiger partial charge in [0.05, 0.1) is 5.54 Å². The second-order valence-electron chi connectivity index (χ2n) is 9.03. The first kappa shape index (κ1) is 22.0. The van der Waals surface area contributed by atoms with Gasteiger partial charge in [0.25, 0.3) is 11.8 Å². The second kappa shape index (κ2) is 8.03. The van der Waals surface area contributed by atoms with Gasteiger partial charge in [-0.05, 0) is 31.7 Å². The van der Waals surface area contributed by atoms with E-state index in [9.17, 15) is 28.3 Å². The highest BCUT2D eigenvalue weighted by molar-refractivity contribution is 5.99. The number of hydrogen-bond acceptors (Lipinski definition) is 4. The van der Waals surface area contributed by atoms with Crippen LogP contribution in [0, 0.1) is 17.6 Å². The molecule has 1 aromatic carbocycles. The Morgan fingerprint density at radius 3 is 2.78 bits per heavy atom. The Kier molecular flexibility index (Phi) is 5.52. The number of rotatable bonds is 3. The zero-order chi connectivity index (χ0) is 23.2. The number of hydrogen-bond donors (Lipinski definition) is 2. The molecule has 1 saturated heterocycles. The van der Waals surface area contributed by atoms with Crippen molar-refractivity contribution in [2.45, 2.75) is 51.7 Å². The quantitative estimate of drug-likeness (QED) is 0.760. The maximum Gasteiger partial charge on any atom is 0.275 e. The Balaban J connectivity index is 1.65. The van der Waals surface area contributed by atoms with Crippen LogP contribution >= 0.6 is 0 Å². The Morgan fingerprint density at radius 2 is 2.06 bits per heavy atom. The molecule has 2 aliphatic rings. The summed E-state index contributed by atoms with van der Waals surface area (Å²) in [6.07, 6.45) is 3.97. The van der Waals surface area contributed by atoms with Crippen LogP contribution in [0.25, 0.3) is 0 Å². The fourth-order valence-corrected chi connectivity index (χ4v) is 4.67. The predicted molar refractivity (Wildman–Crippen MR) is 112 cm³/mol. The summed E-state index contributed by atoms with van der Waals surface area (Å²) < 4.78 is 28.4. The number of carbonyl (C=O) groups is 2. The van der Waals surface area contributed by atoms with Gasteiger partial charge in [-0.2, -0.15) is 0 Å². The van der Waals surface area contributed by atoms with Crippen LogP contribution in [0.5, 0.6) is 5.75 Å². The summed E-state index contributed by atoms with van der Waals surface area (Å²) in [6, 6.07) is 2.96. The summed E-state index contributed by atoms with van der Waals surface area (Å²) in [4.78, 5) is 40.3. The molecule has 0 spiro atoms.